The minimum absolute atomic E-state index is 0.0819. The van der Waals surface area contributed by atoms with Crippen LogP contribution < -0.4 is 10.5 Å². The molecule has 94 valence electrons. The number of aryl methyl sites for hydroxylation is 1. The van der Waals surface area contributed by atoms with Crippen molar-refractivity contribution in [1.82, 2.24) is 9.97 Å². The summed E-state index contributed by atoms with van der Waals surface area (Å²) >= 11 is 0. The van der Waals surface area contributed by atoms with E-state index in [-0.39, 0.29) is 12.1 Å². The van der Waals surface area contributed by atoms with Crippen molar-refractivity contribution in [3.05, 3.63) is 11.8 Å². The van der Waals surface area contributed by atoms with Gasteiger partial charge in [-0.25, -0.2) is 4.98 Å². The highest BCUT2D eigenvalue weighted by molar-refractivity contribution is 5.25. The summed E-state index contributed by atoms with van der Waals surface area (Å²) < 4.78 is 16.5. The molecule has 1 aliphatic rings. The fourth-order valence-electron chi connectivity index (χ4n) is 1.66. The molecule has 0 aromatic carbocycles. The van der Waals surface area contributed by atoms with Gasteiger partial charge in [0.25, 0.3) is 0 Å². The Balaban J connectivity index is 1.90. The molecule has 0 saturated carbocycles. The van der Waals surface area contributed by atoms with E-state index in [1.54, 1.807) is 6.07 Å². The molecule has 1 saturated heterocycles. The third-order valence-electron chi connectivity index (χ3n) is 2.33. The predicted molar refractivity (Wildman–Crippen MR) is 61.6 cm³/mol. The molecule has 17 heavy (non-hydrogen) atoms. The lowest BCUT2D eigenvalue weighted by atomic mass is 10.4. The van der Waals surface area contributed by atoms with Crippen molar-refractivity contribution < 1.29 is 14.2 Å². The summed E-state index contributed by atoms with van der Waals surface area (Å²) in [7, 11) is 0. The minimum Gasteiger partial charge on any atom is -0.475 e. The molecule has 1 unspecified atom stereocenters. The van der Waals surface area contributed by atoms with Gasteiger partial charge in [-0.1, -0.05) is 0 Å². The Kier molecular flexibility index (Phi) is 3.17. The summed E-state index contributed by atoms with van der Waals surface area (Å²) in [5.74, 6) is 0.140. The van der Waals surface area contributed by atoms with Crippen LogP contribution in [0.4, 0.5) is 5.95 Å². The Morgan fingerprint density at radius 1 is 1.53 bits per heavy atom. The van der Waals surface area contributed by atoms with Gasteiger partial charge in [-0.05, 0) is 20.8 Å². The second-order valence-electron chi connectivity index (χ2n) is 4.47. The fraction of sp³-hybridized carbons (Fsp3) is 0.636. The number of nitrogens with zero attached hydrogens (tertiary/aromatic N) is 2. The summed E-state index contributed by atoms with van der Waals surface area (Å²) in [5.41, 5.74) is 6.30. The van der Waals surface area contributed by atoms with E-state index >= 15 is 0 Å². The molecule has 6 heteroatoms. The second kappa shape index (κ2) is 4.46. The average molecular weight is 239 g/mol. The number of anilines is 1. The van der Waals surface area contributed by atoms with Crippen molar-refractivity contribution in [2.75, 3.05) is 18.9 Å². The molecule has 0 amide bonds. The first-order chi connectivity index (χ1) is 7.94. The van der Waals surface area contributed by atoms with Crippen molar-refractivity contribution >= 4 is 5.95 Å². The molecule has 1 fully saturated rings. The van der Waals surface area contributed by atoms with Crippen LogP contribution in [0.3, 0.4) is 0 Å². The Morgan fingerprint density at radius 3 is 2.88 bits per heavy atom. The molecule has 0 spiro atoms. The summed E-state index contributed by atoms with van der Waals surface area (Å²) in [4.78, 5) is 7.95. The number of hydrogen-bond acceptors (Lipinski definition) is 6. The topological polar surface area (TPSA) is 79.5 Å². The molecule has 2 heterocycles. The Labute approximate surface area is 100 Å². The van der Waals surface area contributed by atoms with E-state index in [9.17, 15) is 0 Å². The molecule has 0 aliphatic carbocycles. The van der Waals surface area contributed by atoms with E-state index in [2.05, 4.69) is 9.97 Å². The number of rotatable bonds is 3. The van der Waals surface area contributed by atoms with Crippen molar-refractivity contribution in [2.45, 2.75) is 32.7 Å². The minimum atomic E-state index is -0.533. The SMILES string of the molecule is Cc1cc(OCC2COC(C)(C)O2)nc(N)n1. The maximum Gasteiger partial charge on any atom is 0.223 e. The van der Waals surface area contributed by atoms with Gasteiger partial charge in [0.1, 0.15) is 12.7 Å². The zero-order chi connectivity index (χ0) is 12.5. The summed E-state index contributed by atoms with van der Waals surface area (Å²) in [5, 5.41) is 0. The largest absolute Gasteiger partial charge is 0.475 e. The normalized spacial score (nSPS) is 22.6. The van der Waals surface area contributed by atoms with Gasteiger partial charge in [-0.2, -0.15) is 4.98 Å². The van der Waals surface area contributed by atoms with Crippen LogP contribution in [-0.4, -0.2) is 35.1 Å². The quantitative estimate of drug-likeness (QED) is 0.844. The number of nitrogen functional groups attached to an aromatic ring is 1. The summed E-state index contributed by atoms with van der Waals surface area (Å²) in [6.07, 6.45) is -0.0819. The Morgan fingerprint density at radius 2 is 2.29 bits per heavy atom. The molecule has 0 radical (unpaired) electrons. The highest BCUT2D eigenvalue weighted by Crippen LogP contribution is 2.22. The van der Waals surface area contributed by atoms with Crippen molar-refractivity contribution in [1.29, 1.82) is 0 Å². The molecule has 1 aliphatic heterocycles. The van der Waals surface area contributed by atoms with E-state index in [1.165, 1.54) is 0 Å². The van der Waals surface area contributed by atoms with Crippen LogP contribution in [0.15, 0.2) is 6.07 Å². The molecule has 1 aromatic rings. The zero-order valence-electron chi connectivity index (χ0n) is 10.3. The van der Waals surface area contributed by atoms with Crippen LogP contribution in [0.1, 0.15) is 19.5 Å². The lowest BCUT2D eigenvalue weighted by Crippen LogP contribution is -2.25. The van der Waals surface area contributed by atoms with E-state index in [0.29, 0.717) is 19.1 Å². The van der Waals surface area contributed by atoms with Crippen LogP contribution in [-0.2, 0) is 9.47 Å². The highest BCUT2D eigenvalue weighted by atomic mass is 16.7. The lowest BCUT2D eigenvalue weighted by molar-refractivity contribution is -0.141. The summed E-state index contributed by atoms with van der Waals surface area (Å²) in [6, 6.07) is 1.73. The number of hydrogen-bond donors (Lipinski definition) is 1. The molecule has 1 aromatic heterocycles. The Bertz CT molecular complexity index is 389. The van der Waals surface area contributed by atoms with Gasteiger partial charge in [-0.3, -0.25) is 0 Å². The third kappa shape index (κ3) is 3.28. The van der Waals surface area contributed by atoms with Gasteiger partial charge in [0.15, 0.2) is 5.79 Å². The molecule has 2 rings (SSSR count). The van der Waals surface area contributed by atoms with Gasteiger partial charge < -0.3 is 19.9 Å². The summed E-state index contributed by atoms with van der Waals surface area (Å²) in [6.45, 7) is 6.49. The fourth-order valence-corrected chi connectivity index (χ4v) is 1.66. The van der Waals surface area contributed by atoms with E-state index < -0.39 is 5.79 Å². The highest BCUT2D eigenvalue weighted by Gasteiger charge is 2.33. The standard InChI is InChI=1S/C11H17N3O3/c1-7-4-9(14-10(12)13-7)15-5-8-6-16-11(2,3)17-8/h4,8H,5-6H2,1-3H3,(H2,12,13,14). The first-order valence-corrected chi connectivity index (χ1v) is 5.50. The first kappa shape index (κ1) is 12.1. The predicted octanol–water partition coefficient (Wildman–Crippen LogP) is 0.898. The van der Waals surface area contributed by atoms with Crippen molar-refractivity contribution in [2.24, 2.45) is 0 Å². The van der Waals surface area contributed by atoms with Gasteiger partial charge >= 0.3 is 0 Å². The maximum atomic E-state index is 5.61. The second-order valence-corrected chi connectivity index (χ2v) is 4.47. The van der Waals surface area contributed by atoms with Gasteiger partial charge in [-0.15, -0.1) is 0 Å². The van der Waals surface area contributed by atoms with E-state index in [0.717, 1.165) is 5.69 Å². The lowest BCUT2D eigenvalue weighted by Gasteiger charge is -2.17. The number of nitrogens with two attached hydrogens (primary N) is 1. The maximum absolute atomic E-state index is 5.61. The van der Waals surface area contributed by atoms with Crippen LogP contribution in [0.2, 0.25) is 0 Å². The van der Waals surface area contributed by atoms with Crippen molar-refractivity contribution in [3.8, 4) is 5.88 Å². The molecular weight excluding hydrogens is 222 g/mol. The molecule has 2 N–H and O–H groups in total. The average Bonchev–Trinajstić information content (AvgIpc) is 2.54. The number of ether oxygens (including phenoxy) is 3. The van der Waals surface area contributed by atoms with Crippen LogP contribution in [0.5, 0.6) is 5.88 Å². The van der Waals surface area contributed by atoms with Crippen LogP contribution in [0, 0.1) is 6.92 Å². The van der Waals surface area contributed by atoms with Crippen LogP contribution >= 0.6 is 0 Å². The molecular formula is C11H17N3O3. The smallest absolute Gasteiger partial charge is 0.223 e. The Hall–Kier alpha value is -1.40. The zero-order valence-corrected chi connectivity index (χ0v) is 10.3. The molecule has 0 bridgehead atoms. The van der Waals surface area contributed by atoms with Gasteiger partial charge in [0.05, 0.1) is 6.61 Å². The van der Waals surface area contributed by atoms with Crippen LogP contribution in [0.25, 0.3) is 0 Å². The molecule has 6 nitrogen and oxygen atoms in total. The first-order valence-electron chi connectivity index (χ1n) is 5.50. The van der Waals surface area contributed by atoms with Gasteiger partial charge in [0.2, 0.25) is 11.8 Å². The van der Waals surface area contributed by atoms with E-state index in [1.807, 2.05) is 20.8 Å². The van der Waals surface area contributed by atoms with Gasteiger partial charge in [0, 0.05) is 11.8 Å². The monoisotopic (exact) mass is 239 g/mol. The molecule has 1 atom stereocenters. The number of aromatic nitrogens is 2. The van der Waals surface area contributed by atoms with Crippen molar-refractivity contribution in [3.63, 3.8) is 0 Å². The van der Waals surface area contributed by atoms with E-state index in [4.69, 9.17) is 19.9 Å². The third-order valence-corrected chi connectivity index (χ3v) is 2.33.